The second kappa shape index (κ2) is 10.4. The van der Waals surface area contributed by atoms with E-state index in [0.717, 1.165) is 24.4 Å². The van der Waals surface area contributed by atoms with Crippen LogP contribution in [0.4, 0.5) is 10.5 Å². The van der Waals surface area contributed by atoms with Gasteiger partial charge in [0.25, 0.3) is 5.56 Å². The number of methoxy groups -OCH3 is 1. The molecule has 6 N–H and O–H groups in total. The molecule has 3 aromatic rings. The molecule has 0 saturated carbocycles. The lowest BCUT2D eigenvalue weighted by Gasteiger charge is -2.27. The molecule has 1 aromatic heterocycles. The summed E-state index contributed by atoms with van der Waals surface area (Å²) in [6.45, 7) is 0. The number of nitrogens with one attached hydrogen (secondary N) is 1. The van der Waals surface area contributed by atoms with Crippen LogP contribution in [0.3, 0.4) is 0 Å². The number of phenols is 1. The number of H-pyrrole nitrogens is 1. The second-order valence-electron chi connectivity index (χ2n) is 11.3. The number of amides is 2. The third-order valence-electron chi connectivity index (χ3n) is 8.90. The molecule has 0 bridgehead atoms. The number of benzene rings is 2. The van der Waals surface area contributed by atoms with Crippen molar-refractivity contribution >= 4 is 51.8 Å². The van der Waals surface area contributed by atoms with Gasteiger partial charge in [0, 0.05) is 17.0 Å². The van der Waals surface area contributed by atoms with Gasteiger partial charge in [0.1, 0.15) is 22.7 Å². The molecule has 4 aliphatic rings. The van der Waals surface area contributed by atoms with Crippen molar-refractivity contribution in [3.05, 3.63) is 136 Å². The standard InChI is InChI=1S/C33H21ClN4O10/c1-48-17-10-16(39)19-20(25(17)40)27(42)22-21(26(19)41)29(44)33(30(22)45)8-7-14-23(33)28(43)18-15(24(14)34)9-12(37-31(18)46)11-36-38(32(35)47)13-5-3-2-4-6-13/h2-6,9-11,43-45H,7-8H2,1H3,(H2,35,47)(H,37,46)/t33-/m0/s1. The number of fused-ring (bicyclic) bond motifs is 4. The van der Waals surface area contributed by atoms with Gasteiger partial charge >= 0.3 is 6.03 Å². The summed E-state index contributed by atoms with van der Waals surface area (Å²) < 4.78 is 4.89. The molecule has 1 atom stereocenters. The largest absolute Gasteiger partial charge is 0.510 e. The monoisotopic (exact) mass is 668 g/mol. The van der Waals surface area contributed by atoms with Crippen LogP contribution in [0.5, 0.6) is 11.5 Å². The Hall–Kier alpha value is -6.28. The van der Waals surface area contributed by atoms with E-state index in [2.05, 4.69) is 10.1 Å². The van der Waals surface area contributed by atoms with Crippen LogP contribution in [0, 0.1) is 10.4 Å². The first-order valence-corrected chi connectivity index (χ1v) is 14.6. The van der Waals surface area contributed by atoms with Crippen molar-refractivity contribution in [1.29, 1.82) is 0 Å². The summed E-state index contributed by atoms with van der Waals surface area (Å²) in [5.41, 5.74) is -1.57. The van der Waals surface area contributed by atoms with Crippen LogP contribution in [0.2, 0.25) is 5.02 Å². The normalized spacial score (nSPS) is 16.7. The Kier molecular flexibility index (Phi) is 6.56. The minimum atomic E-state index is -2.12. The van der Waals surface area contributed by atoms with E-state index in [1.807, 2.05) is 0 Å². The van der Waals surface area contributed by atoms with Gasteiger partial charge in [0.05, 0.1) is 56.0 Å². The molecule has 4 aliphatic carbocycles. The number of hydrogen-bond donors (Lipinski definition) is 5. The van der Waals surface area contributed by atoms with Gasteiger partial charge in [-0.25, -0.2) is 4.79 Å². The minimum absolute atomic E-state index is 0.0191. The number of nitrogens with two attached hydrogens (primary N) is 1. The Bertz CT molecular complexity index is 2810. The Morgan fingerprint density at radius 3 is 2.25 bits per heavy atom. The number of hydrogen-bond acceptors (Lipinski definition) is 11. The lowest BCUT2D eigenvalue weighted by atomic mass is 9.78. The number of para-hydroxylation sites is 1. The number of aromatic nitrogens is 1. The predicted molar refractivity (Wildman–Crippen MR) is 174 cm³/mol. The molecular weight excluding hydrogens is 648 g/mol. The minimum Gasteiger partial charge on any atom is -0.510 e. The van der Waals surface area contributed by atoms with Crippen LogP contribution in [0.1, 0.15) is 23.2 Å². The zero-order valence-electron chi connectivity index (χ0n) is 24.6. The van der Waals surface area contributed by atoms with E-state index in [-0.39, 0.29) is 45.5 Å². The van der Waals surface area contributed by atoms with Crippen molar-refractivity contribution in [2.75, 3.05) is 12.1 Å². The SMILES string of the molecule is COc1cc(=O)c2c(=O)c3c(c(=O)c=2c1=O)=C(O)[C@]1(CCc2c1c(O)c1c(=O)[nH]c(C=NN(C(N)=O)c4ccccc4)cc1c2Cl)C=3O. The highest BCUT2D eigenvalue weighted by molar-refractivity contribution is 6.37. The number of carbonyl (C=O) groups excluding carboxylic acids is 1. The summed E-state index contributed by atoms with van der Waals surface area (Å²) in [6, 6.07) is 9.46. The first-order valence-electron chi connectivity index (χ1n) is 14.2. The van der Waals surface area contributed by atoms with Crippen molar-refractivity contribution in [1.82, 2.24) is 4.98 Å². The Labute approximate surface area is 270 Å². The number of aromatic amines is 1. The van der Waals surface area contributed by atoms with E-state index in [1.54, 1.807) is 30.3 Å². The molecule has 48 heavy (non-hydrogen) atoms. The average Bonchev–Trinajstić information content (AvgIpc) is 3.57. The number of carbonyl (C=O) groups is 1. The van der Waals surface area contributed by atoms with Crippen LogP contribution < -0.4 is 53.2 Å². The maximum Gasteiger partial charge on any atom is 0.340 e. The fraction of sp³-hybridized carbons (Fsp3) is 0.121. The van der Waals surface area contributed by atoms with E-state index < -0.39 is 82.6 Å². The third kappa shape index (κ3) is 3.83. The predicted octanol–water partition coefficient (Wildman–Crippen LogP) is 0.0863. The van der Waals surface area contributed by atoms with E-state index in [9.17, 15) is 44.1 Å². The molecule has 2 aromatic carbocycles. The van der Waals surface area contributed by atoms with Crippen molar-refractivity contribution in [3.63, 3.8) is 0 Å². The number of halogens is 1. The lowest BCUT2D eigenvalue weighted by Crippen LogP contribution is -2.51. The van der Waals surface area contributed by atoms with Crippen LogP contribution in [0.25, 0.3) is 22.3 Å². The van der Waals surface area contributed by atoms with Gasteiger partial charge in [-0.15, -0.1) is 0 Å². The smallest absolute Gasteiger partial charge is 0.340 e. The molecule has 1 heterocycles. The second-order valence-corrected chi connectivity index (χ2v) is 11.6. The molecule has 2 amide bonds. The van der Waals surface area contributed by atoms with Crippen LogP contribution in [0.15, 0.2) is 71.5 Å². The highest BCUT2D eigenvalue weighted by atomic mass is 35.5. The summed E-state index contributed by atoms with van der Waals surface area (Å²) in [6.07, 6.45) is 0.907. The molecule has 0 unspecified atom stereocenters. The zero-order chi connectivity index (χ0) is 34.4. The number of ether oxygens (including phenoxy) is 1. The van der Waals surface area contributed by atoms with Crippen molar-refractivity contribution in [3.8, 4) is 11.5 Å². The van der Waals surface area contributed by atoms with Gasteiger partial charge in [0.2, 0.25) is 16.3 Å². The number of aliphatic hydroxyl groups is 2. The number of urea groups is 1. The van der Waals surface area contributed by atoms with Gasteiger partial charge in [-0.3, -0.25) is 24.0 Å². The van der Waals surface area contributed by atoms with Gasteiger partial charge in [-0.05, 0) is 36.6 Å². The highest BCUT2D eigenvalue weighted by Gasteiger charge is 2.53. The summed E-state index contributed by atoms with van der Waals surface area (Å²) in [5.74, 6) is -2.90. The van der Waals surface area contributed by atoms with E-state index >= 15 is 0 Å². The molecule has 0 fully saturated rings. The van der Waals surface area contributed by atoms with Gasteiger partial charge in [0.15, 0.2) is 11.2 Å². The lowest BCUT2D eigenvalue weighted by molar-refractivity contribution is 0.254. The number of primary amides is 1. The first kappa shape index (κ1) is 30.4. The molecule has 0 radical (unpaired) electrons. The number of aromatic hydroxyl groups is 1. The summed E-state index contributed by atoms with van der Waals surface area (Å²) in [7, 11) is 1.10. The number of phenolic OH excluding ortho intramolecular Hbond substituents is 1. The number of aliphatic hydroxyl groups excluding tert-OH is 2. The molecule has 0 saturated heterocycles. The van der Waals surface area contributed by atoms with Crippen molar-refractivity contribution < 1.29 is 24.9 Å². The van der Waals surface area contributed by atoms with Gasteiger partial charge in [-0.2, -0.15) is 10.1 Å². The van der Waals surface area contributed by atoms with Crippen LogP contribution in [-0.2, 0) is 11.8 Å². The molecule has 0 aliphatic heterocycles. The Morgan fingerprint density at radius 1 is 0.979 bits per heavy atom. The summed E-state index contributed by atoms with van der Waals surface area (Å²) >= 11 is 6.81. The van der Waals surface area contributed by atoms with Gasteiger partial charge in [-0.1, -0.05) is 29.8 Å². The average molecular weight is 669 g/mol. The fourth-order valence-corrected chi connectivity index (χ4v) is 7.16. The first-order chi connectivity index (χ1) is 22.8. The number of anilines is 1. The summed E-state index contributed by atoms with van der Waals surface area (Å²) in [4.78, 5) is 81.2. The molecule has 7 rings (SSSR count). The van der Waals surface area contributed by atoms with Crippen molar-refractivity contribution in [2.24, 2.45) is 10.8 Å². The van der Waals surface area contributed by atoms with Crippen LogP contribution in [-0.4, -0.2) is 39.7 Å². The topological polar surface area (TPSA) is 230 Å². The number of rotatable bonds is 4. The maximum atomic E-state index is 13.7. The zero-order valence-corrected chi connectivity index (χ0v) is 25.3. The maximum absolute atomic E-state index is 13.7. The Balaban J connectivity index is 1.48. The van der Waals surface area contributed by atoms with E-state index in [1.165, 1.54) is 6.07 Å². The van der Waals surface area contributed by atoms with Gasteiger partial charge < -0.3 is 30.8 Å². The molecule has 1 spiro atoms. The quantitative estimate of drug-likeness (QED) is 0.128. The van der Waals surface area contributed by atoms with Crippen LogP contribution >= 0.6 is 11.6 Å². The summed E-state index contributed by atoms with van der Waals surface area (Å²) in [5, 5.41) is 36.5. The fourth-order valence-electron chi connectivity index (χ4n) is 6.82. The molecule has 240 valence electrons. The highest BCUT2D eigenvalue weighted by Crippen LogP contribution is 2.56. The van der Waals surface area contributed by atoms with E-state index in [4.69, 9.17) is 22.1 Å². The van der Waals surface area contributed by atoms with E-state index in [0.29, 0.717) is 5.69 Å². The number of pyridine rings is 1. The molecule has 15 heteroatoms. The Morgan fingerprint density at radius 2 is 1.62 bits per heavy atom. The molecular formula is C33H21ClN4O10. The molecule has 14 nitrogen and oxygen atoms in total. The van der Waals surface area contributed by atoms with Crippen molar-refractivity contribution in [2.45, 2.75) is 18.3 Å². The number of hydrazone groups is 1. The number of nitrogens with zero attached hydrogens (tertiary/aromatic N) is 2. The third-order valence-corrected chi connectivity index (χ3v) is 9.33.